The van der Waals surface area contributed by atoms with E-state index in [9.17, 15) is 14.7 Å². The molecule has 3 aromatic carbocycles. The van der Waals surface area contributed by atoms with Crippen molar-refractivity contribution in [2.75, 3.05) is 5.32 Å². The third-order valence-electron chi connectivity index (χ3n) is 5.82. The standard InChI is InChI=1S/C26H21N5O4/c1-16-22(25(34)35-15-17-8-3-2-4-9-17)23(31-26(27-16)28-29-30-31)21-13-6-5-12-20(21)18-10-7-11-19(14-18)24(32)33/h2-14,23H,15H2,1H3,(H,32,33)(H,27,28,30). The van der Waals surface area contributed by atoms with Gasteiger partial charge >= 0.3 is 11.9 Å². The highest BCUT2D eigenvalue weighted by Crippen LogP contribution is 2.39. The first-order valence-electron chi connectivity index (χ1n) is 10.9. The minimum Gasteiger partial charge on any atom is -0.478 e. The summed E-state index contributed by atoms with van der Waals surface area (Å²) >= 11 is 0. The predicted octanol–water partition coefficient (Wildman–Crippen LogP) is 4.07. The molecular formula is C26H21N5O4. The highest BCUT2D eigenvalue weighted by molar-refractivity contribution is 5.93. The fourth-order valence-electron chi connectivity index (χ4n) is 4.18. The number of anilines is 1. The lowest BCUT2D eigenvalue weighted by Crippen LogP contribution is -2.30. The van der Waals surface area contributed by atoms with Crippen molar-refractivity contribution in [1.82, 2.24) is 20.2 Å². The molecule has 35 heavy (non-hydrogen) atoms. The van der Waals surface area contributed by atoms with E-state index in [-0.39, 0.29) is 12.2 Å². The van der Waals surface area contributed by atoms with Crippen molar-refractivity contribution in [1.29, 1.82) is 0 Å². The molecule has 4 aromatic rings. The smallest absolute Gasteiger partial charge is 0.338 e. The van der Waals surface area contributed by atoms with Crippen molar-refractivity contribution in [3.8, 4) is 11.1 Å². The molecule has 1 aliphatic rings. The first-order valence-corrected chi connectivity index (χ1v) is 10.9. The molecule has 0 aliphatic carbocycles. The maximum absolute atomic E-state index is 13.4. The summed E-state index contributed by atoms with van der Waals surface area (Å²) in [6, 6.07) is 22.9. The molecule has 0 bridgehead atoms. The number of nitrogens with one attached hydrogen (secondary N) is 1. The van der Waals surface area contributed by atoms with Gasteiger partial charge in [0.25, 0.3) is 0 Å². The van der Waals surface area contributed by atoms with Gasteiger partial charge < -0.3 is 15.2 Å². The van der Waals surface area contributed by atoms with Gasteiger partial charge in [-0.25, -0.2) is 9.59 Å². The normalized spacial score (nSPS) is 14.7. The van der Waals surface area contributed by atoms with Crippen LogP contribution in [0.1, 0.15) is 34.5 Å². The fourth-order valence-corrected chi connectivity index (χ4v) is 4.18. The van der Waals surface area contributed by atoms with Crippen molar-refractivity contribution in [3.63, 3.8) is 0 Å². The first kappa shape index (κ1) is 22.0. The number of allylic oxidation sites excluding steroid dienone is 1. The third kappa shape index (κ3) is 4.26. The Morgan fingerprint density at radius 1 is 1.03 bits per heavy atom. The number of nitrogens with zero attached hydrogens (tertiary/aromatic N) is 4. The molecule has 5 rings (SSSR count). The predicted molar refractivity (Wildman–Crippen MR) is 127 cm³/mol. The highest BCUT2D eigenvalue weighted by atomic mass is 16.5. The van der Waals surface area contributed by atoms with E-state index < -0.39 is 18.0 Å². The van der Waals surface area contributed by atoms with Crippen molar-refractivity contribution >= 4 is 17.9 Å². The maximum atomic E-state index is 13.4. The maximum Gasteiger partial charge on any atom is 0.338 e. The summed E-state index contributed by atoms with van der Waals surface area (Å²) in [5.74, 6) is -1.13. The number of tetrazole rings is 1. The average Bonchev–Trinajstić information content (AvgIpc) is 3.35. The number of aromatic nitrogens is 4. The van der Waals surface area contributed by atoms with E-state index in [2.05, 4.69) is 20.8 Å². The number of carboxylic acids is 1. The van der Waals surface area contributed by atoms with Crippen LogP contribution in [0.25, 0.3) is 11.1 Å². The van der Waals surface area contributed by atoms with Crippen LogP contribution in [-0.4, -0.2) is 37.3 Å². The highest BCUT2D eigenvalue weighted by Gasteiger charge is 2.36. The molecule has 9 nitrogen and oxygen atoms in total. The number of rotatable bonds is 6. The van der Waals surface area contributed by atoms with Gasteiger partial charge in [-0.05, 0) is 51.7 Å². The van der Waals surface area contributed by atoms with Crippen LogP contribution in [0.5, 0.6) is 0 Å². The molecule has 0 radical (unpaired) electrons. The lowest BCUT2D eigenvalue weighted by Gasteiger charge is -2.29. The van der Waals surface area contributed by atoms with Crippen LogP contribution in [-0.2, 0) is 16.1 Å². The molecule has 1 unspecified atom stereocenters. The second-order valence-corrected chi connectivity index (χ2v) is 8.05. The molecule has 0 amide bonds. The molecule has 2 N–H and O–H groups in total. The Hall–Kier alpha value is -4.79. The van der Waals surface area contributed by atoms with Gasteiger partial charge in [0.2, 0.25) is 5.95 Å². The molecule has 9 heteroatoms. The molecule has 1 atom stereocenters. The number of carboxylic acid groups (broad SMARTS) is 1. The van der Waals surface area contributed by atoms with Crippen LogP contribution in [0, 0.1) is 0 Å². The summed E-state index contributed by atoms with van der Waals surface area (Å²) in [5.41, 5.74) is 4.16. The van der Waals surface area contributed by atoms with Gasteiger partial charge in [-0.3, -0.25) is 0 Å². The van der Waals surface area contributed by atoms with E-state index >= 15 is 0 Å². The summed E-state index contributed by atoms with van der Waals surface area (Å²) in [5, 5.41) is 24.5. The molecule has 0 saturated carbocycles. The molecule has 2 heterocycles. The SMILES string of the molecule is CC1=C(C(=O)OCc2ccccc2)C(c2ccccc2-c2cccc(C(=O)O)c2)n2nnnc2N1. The Balaban J connectivity index is 1.59. The minimum absolute atomic E-state index is 0.119. The largest absolute Gasteiger partial charge is 0.478 e. The summed E-state index contributed by atoms with van der Waals surface area (Å²) in [6.07, 6.45) is 0. The average molecular weight is 467 g/mol. The van der Waals surface area contributed by atoms with Crippen molar-refractivity contribution in [2.24, 2.45) is 0 Å². The monoisotopic (exact) mass is 467 g/mol. The number of ether oxygens (including phenoxy) is 1. The Labute approximate surface area is 200 Å². The Bertz CT molecular complexity index is 1440. The summed E-state index contributed by atoms with van der Waals surface area (Å²) in [7, 11) is 0. The van der Waals surface area contributed by atoms with Crippen LogP contribution in [0.4, 0.5) is 5.95 Å². The van der Waals surface area contributed by atoms with E-state index in [1.807, 2.05) is 60.7 Å². The van der Waals surface area contributed by atoms with Gasteiger partial charge in [-0.1, -0.05) is 71.8 Å². The Kier molecular flexibility index (Phi) is 5.80. The zero-order valence-electron chi connectivity index (χ0n) is 18.8. The van der Waals surface area contributed by atoms with Gasteiger partial charge in [0.15, 0.2) is 0 Å². The molecule has 0 spiro atoms. The quantitative estimate of drug-likeness (QED) is 0.407. The summed E-state index contributed by atoms with van der Waals surface area (Å²) in [4.78, 5) is 25.0. The van der Waals surface area contributed by atoms with E-state index in [0.717, 1.165) is 16.7 Å². The number of carbonyl (C=O) groups is 2. The van der Waals surface area contributed by atoms with Gasteiger partial charge in [-0.2, -0.15) is 4.68 Å². The van der Waals surface area contributed by atoms with E-state index in [0.29, 0.717) is 22.8 Å². The van der Waals surface area contributed by atoms with Crippen molar-refractivity contribution in [3.05, 3.63) is 107 Å². The number of fused-ring (bicyclic) bond motifs is 1. The van der Waals surface area contributed by atoms with Crippen LogP contribution < -0.4 is 5.32 Å². The lowest BCUT2D eigenvalue weighted by atomic mass is 9.89. The fraction of sp³-hybridized carbons (Fsp3) is 0.115. The second-order valence-electron chi connectivity index (χ2n) is 8.05. The zero-order valence-corrected chi connectivity index (χ0v) is 18.8. The second kappa shape index (κ2) is 9.22. The van der Waals surface area contributed by atoms with Gasteiger partial charge in [0, 0.05) is 5.70 Å². The third-order valence-corrected chi connectivity index (χ3v) is 5.82. The number of aromatic carboxylic acids is 1. The lowest BCUT2D eigenvalue weighted by molar-refractivity contribution is -0.140. The van der Waals surface area contributed by atoms with E-state index in [1.54, 1.807) is 19.1 Å². The number of hydrogen-bond acceptors (Lipinski definition) is 7. The molecule has 1 aromatic heterocycles. The van der Waals surface area contributed by atoms with Gasteiger partial charge in [0.05, 0.1) is 11.1 Å². The number of benzene rings is 3. The van der Waals surface area contributed by atoms with Gasteiger partial charge in [0.1, 0.15) is 12.6 Å². The van der Waals surface area contributed by atoms with E-state index in [4.69, 9.17) is 4.74 Å². The first-order chi connectivity index (χ1) is 17.0. The molecule has 0 fully saturated rings. The van der Waals surface area contributed by atoms with Gasteiger partial charge in [-0.15, -0.1) is 0 Å². The van der Waals surface area contributed by atoms with Crippen LogP contribution in [0.3, 0.4) is 0 Å². The molecule has 174 valence electrons. The number of hydrogen-bond donors (Lipinski definition) is 2. The number of carbonyl (C=O) groups excluding carboxylic acids is 1. The Morgan fingerprint density at radius 2 is 1.80 bits per heavy atom. The van der Waals surface area contributed by atoms with Crippen LogP contribution >= 0.6 is 0 Å². The summed E-state index contributed by atoms with van der Waals surface area (Å²) in [6.45, 7) is 1.89. The van der Waals surface area contributed by atoms with Crippen LogP contribution in [0.2, 0.25) is 0 Å². The summed E-state index contributed by atoms with van der Waals surface area (Å²) < 4.78 is 7.21. The topological polar surface area (TPSA) is 119 Å². The molecular weight excluding hydrogens is 446 g/mol. The van der Waals surface area contributed by atoms with Crippen molar-refractivity contribution in [2.45, 2.75) is 19.6 Å². The van der Waals surface area contributed by atoms with Crippen LogP contribution in [0.15, 0.2) is 90.1 Å². The molecule has 0 saturated heterocycles. The number of esters is 1. The van der Waals surface area contributed by atoms with Crippen molar-refractivity contribution < 1.29 is 19.4 Å². The molecule has 1 aliphatic heterocycles. The zero-order chi connectivity index (χ0) is 24.4. The minimum atomic E-state index is -1.02. The Morgan fingerprint density at radius 3 is 2.60 bits per heavy atom. The van der Waals surface area contributed by atoms with E-state index in [1.165, 1.54) is 10.7 Å².